The second-order valence-electron chi connectivity index (χ2n) is 7.37. The van der Waals surface area contributed by atoms with Crippen molar-refractivity contribution in [1.82, 2.24) is 4.90 Å². The van der Waals surface area contributed by atoms with Crippen molar-refractivity contribution in [3.05, 3.63) is 59.6 Å². The van der Waals surface area contributed by atoms with Crippen molar-refractivity contribution in [3.63, 3.8) is 0 Å². The fraction of sp³-hybridized carbons (Fsp3) is 0.273. The molecule has 1 aliphatic rings. The van der Waals surface area contributed by atoms with Crippen molar-refractivity contribution in [3.8, 4) is 5.75 Å². The van der Waals surface area contributed by atoms with E-state index in [1.807, 2.05) is 12.1 Å². The Morgan fingerprint density at radius 3 is 2.40 bits per heavy atom. The number of nitrogens with zero attached hydrogens (tertiary/aromatic N) is 2. The van der Waals surface area contributed by atoms with Gasteiger partial charge in [0.15, 0.2) is 0 Å². The largest absolute Gasteiger partial charge is 0.495 e. The number of likely N-dealkylation sites (N-methyl/N-ethyl adjacent to an activating group) is 1. The molecule has 1 heterocycles. The summed E-state index contributed by atoms with van der Waals surface area (Å²) in [5, 5.41) is 1.81. The Morgan fingerprint density at radius 1 is 0.967 bits per heavy atom. The highest BCUT2D eigenvalue weighted by Crippen LogP contribution is 2.34. The van der Waals surface area contributed by atoms with Gasteiger partial charge in [0.1, 0.15) is 5.75 Å². The van der Waals surface area contributed by atoms with E-state index in [1.54, 1.807) is 49.6 Å². The highest BCUT2D eigenvalue weighted by Gasteiger charge is 2.21. The Kier molecular flexibility index (Phi) is 5.77. The third-order valence-corrected chi connectivity index (χ3v) is 7.16. The third-order valence-electron chi connectivity index (χ3n) is 5.39. The Balaban J connectivity index is 1.69. The van der Waals surface area contributed by atoms with Gasteiger partial charge in [-0.3, -0.25) is 4.72 Å². The van der Waals surface area contributed by atoms with Crippen LogP contribution in [-0.4, -0.2) is 53.7 Å². The van der Waals surface area contributed by atoms with Crippen molar-refractivity contribution in [2.24, 2.45) is 0 Å². The fourth-order valence-electron chi connectivity index (χ4n) is 3.74. The van der Waals surface area contributed by atoms with Gasteiger partial charge in [-0.25, -0.2) is 8.42 Å². The van der Waals surface area contributed by atoms with Gasteiger partial charge in [-0.2, -0.15) is 0 Å². The lowest BCUT2D eigenvalue weighted by Crippen LogP contribution is -2.44. The number of anilines is 2. The Labute approximate surface area is 182 Å². The van der Waals surface area contributed by atoms with Crippen molar-refractivity contribution >= 4 is 43.8 Å². The Morgan fingerprint density at radius 2 is 1.67 bits per heavy atom. The van der Waals surface area contributed by atoms with E-state index in [2.05, 4.69) is 21.6 Å². The van der Waals surface area contributed by atoms with E-state index < -0.39 is 10.0 Å². The normalized spacial score (nSPS) is 15.4. The predicted octanol–water partition coefficient (Wildman–Crippen LogP) is 4.05. The molecule has 0 amide bonds. The SMILES string of the molecule is COc1ccc(NS(=O)(=O)c2cccc3c(Cl)cccc23)cc1N1CCN(C)CC1. The van der Waals surface area contributed by atoms with E-state index in [4.69, 9.17) is 16.3 Å². The Bertz CT molecular complexity index is 1180. The van der Waals surface area contributed by atoms with Crippen LogP contribution >= 0.6 is 11.6 Å². The summed E-state index contributed by atoms with van der Waals surface area (Å²) in [7, 11) is -0.0923. The molecule has 158 valence electrons. The van der Waals surface area contributed by atoms with Crippen LogP contribution in [0.15, 0.2) is 59.5 Å². The van der Waals surface area contributed by atoms with Crippen molar-refractivity contribution in [2.45, 2.75) is 4.90 Å². The number of methoxy groups -OCH3 is 1. The average Bonchev–Trinajstić information content (AvgIpc) is 2.74. The van der Waals surface area contributed by atoms with Crippen LogP contribution in [0.5, 0.6) is 5.75 Å². The van der Waals surface area contributed by atoms with Gasteiger partial charge in [0.25, 0.3) is 10.0 Å². The molecule has 0 unspecified atom stereocenters. The van der Waals surface area contributed by atoms with Gasteiger partial charge < -0.3 is 14.5 Å². The van der Waals surface area contributed by atoms with E-state index in [0.29, 0.717) is 21.5 Å². The number of sulfonamides is 1. The molecular weight excluding hydrogens is 422 g/mol. The molecule has 0 atom stereocenters. The number of fused-ring (bicyclic) bond motifs is 1. The van der Waals surface area contributed by atoms with E-state index in [9.17, 15) is 8.42 Å². The number of hydrogen-bond donors (Lipinski definition) is 1. The zero-order chi connectivity index (χ0) is 21.3. The van der Waals surface area contributed by atoms with E-state index >= 15 is 0 Å². The highest BCUT2D eigenvalue weighted by atomic mass is 35.5. The van der Waals surface area contributed by atoms with Crippen molar-refractivity contribution in [2.75, 3.05) is 50.0 Å². The summed E-state index contributed by atoms with van der Waals surface area (Å²) in [5.74, 6) is 0.722. The number of benzene rings is 3. The summed E-state index contributed by atoms with van der Waals surface area (Å²) in [5.41, 5.74) is 1.37. The molecule has 1 aliphatic heterocycles. The van der Waals surface area contributed by atoms with Gasteiger partial charge in [0, 0.05) is 42.0 Å². The first-order chi connectivity index (χ1) is 14.4. The fourth-order valence-corrected chi connectivity index (χ4v) is 5.25. The summed E-state index contributed by atoms with van der Waals surface area (Å²) in [6, 6.07) is 15.7. The molecule has 3 aromatic rings. The van der Waals surface area contributed by atoms with Gasteiger partial charge in [-0.15, -0.1) is 0 Å². The number of piperazine rings is 1. The molecule has 1 N–H and O–H groups in total. The van der Waals surface area contributed by atoms with Gasteiger partial charge in [-0.1, -0.05) is 35.9 Å². The summed E-state index contributed by atoms with van der Waals surface area (Å²) in [6.07, 6.45) is 0. The first-order valence-electron chi connectivity index (χ1n) is 9.70. The smallest absolute Gasteiger partial charge is 0.262 e. The summed E-state index contributed by atoms with van der Waals surface area (Å²) in [6.45, 7) is 3.58. The standard InChI is InChI=1S/C22H24ClN3O3S/c1-25-11-13-26(14-12-25)20-15-16(9-10-21(20)29-2)24-30(27,28)22-8-4-5-17-18(22)6-3-7-19(17)23/h3-10,15,24H,11-14H2,1-2H3. The zero-order valence-corrected chi connectivity index (χ0v) is 18.5. The van der Waals surface area contributed by atoms with Crippen LogP contribution in [0.1, 0.15) is 0 Å². The molecule has 1 saturated heterocycles. The van der Waals surface area contributed by atoms with E-state index in [0.717, 1.165) is 37.6 Å². The number of ether oxygens (including phenoxy) is 1. The minimum Gasteiger partial charge on any atom is -0.495 e. The molecule has 0 spiro atoms. The van der Waals surface area contributed by atoms with Crippen LogP contribution in [0.25, 0.3) is 10.8 Å². The van der Waals surface area contributed by atoms with Gasteiger partial charge in [0.05, 0.1) is 23.4 Å². The van der Waals surface area contributed by atoms with Crippen LogP contribution in [0.2, 0.25) is 5.02 Å². The van der Waals surface area contributed by atoms with E-state index in [1.165, 1.54) is 0 Å². The quantitative estimate of drug-likeness (QED) is 0.641. The molecule has 0 saturated carbocycles. The maximum atomic E-state index is 13.2. The topological polar surface area (TPSA) is 61.9 Å². The van der Waals surface area contributed by atoms with Crippen molar-refractivity contribution < 1.29 is 13.2 Å². The lowest BCUT2D eigenvalue weighted by molar-refractivity contribution is 0.311. The number of nitrogens with one attached hydrogen (secondary N) is 1. The molecule has 8 heteroatoms. The molecule has 4 rings (SSSR count). The first-order valence-corrected chi connectivity index (χ1v) is 11.6. The number of halogens is 1. The zero-order valence-electron chi connectivity index (χ0n) is 16.9. The minimum atomic E-state index is -3.81. The monoisotopic (exact) mass is 445 g/mol. The lowest BCUT2D eigenvalue weighted by Gasteiger charge is -2.35. The molecule has 30 heavy (non-hydrogen) atoms. The molecule has 6 nitrogen and oxygen atoms in total. The van der Waals surface area contributed by atoms with Crippen LogP contribution in [-0.2, 0) is 10.0 Å². The molecule has 0 aromatic heterocycles. The molecule has 0 aliphatic carbocycles. The summed E-state index contributed by atoms with van der Waals surface area (Å²) < 4.78 is 34.7. The molecule has 1 fully saturated rings. The first kappa shape index (κ1) is 20.8. The average molecular weight is 446 g/mol. The number of rotatable bonds is 5. The molecule has 0 radical (unpaired) electrons. The molecular formula is C22H24ClN3O3S. The number of hydrogen-bond acceptors (Lipinski definition) is 5. The lowest BCUT2D eigenvalue weighted by atomic mass is 10.1. The third kappa shape index (κ3) is 4.05. The Hall–Kier alpha value is -2.48. The molecule has 3 aromatic carbocycles. The van der Waals surface area contributed by atoms with E-state index in [-0.39, 0.29) is 4.90 Å². The van der Waals surface area contributed by atoms with Crippen molar-refractivity contribution in [1.29, 1.82) is 0 Å². The maximum Gasteiger partial charge on any atom is 0.262 e. The van der Waals surface area contributed by atoms with Crippen LogP contribution in [0.3, 0.4) is 0 Å². The maximum absolute atomic E-state index is 13.2. The van der Waals surface area contributed by atoms with Gasteiger partial charge >= 0.3 is 0 Å². The molecule has 0 bridgehead atoms. The van der Waals surface area contributed by atoms with Gasteiger partial charge in [-0.05, 0) is 37.4 Å². The second-order valence-corrected chi connectivity index (χ2v) is 9.43. The van der Waals surface area contributed by atoms with Crippen LogP contribution in [0.4, 0.5) is 11.4 Å². The minimum absolute atomic E-state index is 0.194. The van der Waals surface area contributed by atoms with Gasteiger partial charge in [0.2, 0.25) is 0 Å². The summed E-state index contributed by atoms with van der Waals surface area (Å²) in [4.78, 5) is 4.68. The predicted molar refractivity (Wildman–Crippen MR) is 122 cm³/mol. The summed E-state index contributed by atoms with van der Waals surface area (Å²) >= 11 is 6.25. The second kappa shape index (κ2) is 8.34. The highest BCUT2D eigenvalue weighted by molar-refractivity contribution is 7.93. The van der Waals surface area contributed by atoms with Crippen LogP contribution in [0, 0.1) is 0 Å². The van der Waals surface area contributed by atoms with Crippen LogP contribution < -0.4 is 14.4 Å².